The summed E-state index contributed by atoms with van der Waals surface area (Å²) >= 11 is 9.44. The van der Waals surface area contributed by atoms with Crippen LogP contribution >= 0.6 is 27.5 Å². The van der Waals surface area contributed by atoms with Crippen molar-refractivity contribution in [2.24, 2.45) is 5.41 Å². The van der Waals surface area contributed by atoms with Gasteiger partial charge in [0, 0.05) is 35.3 Å². The van der Waals surface area contributed by atoms with Crippen LogP contribution in [0.1, 0.15) is 25.1 Å². The number of hydrogen-bond donors (Lipinski definition) is 0. The Morgan fingerprint density at radius 2 is 2.00 bits per heavy atom. The van der Waals surface area contributed by atoms with Crippen molar-refractivity contribution in [3.8, 4) is 0 Å². The molecule has 2 rings (SSSR count). The fourth-order valence-electron chi connectivity index (χ4n) is 2.59. The Kier molecular flexibility index (Phi) is 6.91. The first-order valence-corrected chi connectivity index (χ1v) is 9.55. The molecule has 0 aliphatic carbocycles. The molecule has 0 saturated heterocycles. The third-order valence-corrected chi connectivity index (χ3v) is 5.29. The molecule has 3 nitrogen and oxygen atoms in total. The lowest BCUT2D eigenvalue weighted by molar-refractivity contribution is -0.139. The van der Waals surface area contributed by atoms with Crippen molar-refractivity contribution in [2.75, 3.05) is 12.4 Å². The highest BCUT2D eigenvalue weighted by Crippen LogP contribution is 2.22. The third-order valence-electron chi connectivity index (χ3n) is 4.09. The second-order valence-electron chi connectivity index (χ2n) is 6.75. The molecule has 5 heteroatoms. The van der Waals surface area contributed by atoms with Gasteiger partial charge < -0.3 is 9.47 Å². The molecule has 0 bridgehead atoms. The highest BCUT2D eigenvalue weighted by molar-refractivity contribution is 9.10. The number of carbonyl (C=O) groups is 1. The van der Waals surface area contributed by atoms with E-state index in [0.29, 0.717) is 19.0 Å². The van der Waals surface area contributed by atoms with E-state index in [-0.39, 0.29) is 5.91 Å². The predicted molar refractivity (Wildman–Crippen MR) is 108 cm³/mol. The molecule has 2 aromatic rings. The minimum absolute atomic E-state index is 0.0405. The quantitative estimate of drug-likeness (QED) is 0.429. The lowest BCUT2D eigenvalue weighted by atomic mass is 9.94. The van der Waals surface area contributed by atoms with E-state index in [1.165, 1.54) is 5.56 Å². The summed E-state index contributed by atoms with van der Waals surface area (Å²) in [6.45, 7) is 9.34. The third kappa shape index (κ3) is 5.23. The van der Waals surface area contributed by atoms with Crippen molar-refractivity contribution in [1.82, 2.24) is 9.47 Å². The number of benzene rings is 1. The fraction of sp³-hybridized carbons (Fsp3) is 0.350. The number of rotatable bonds is 8. The molecule has 0 aliphatic heterocycles. The maximum atomic E-state index is 12.8. The molecule has 0 N–H and O–H groups in total. The van der Waals surface area contributed by atoms with Gasteiger partial charge in [0.15, 0.2) is 0 Å². The molecule has 0 spiro atoms. The van der Waals surface area contributed by atoms with Gasteiger partial charge >= 0.3 is 0 Å². The monoisotopic (exact) mass is 422 g/mol. The van der Waals surface area contributed by atoms with Crippen molar-refractivity contribution < 1.29 is 4.79 Å². The van der Waals surface area contributed by atoms with Crippen LogP contribution in [0.4, 0.5) is 0 Å². The molecule has 1 heterocycles. The van der Waals surface area contributed by atoms with Gasteiger partial charge in [-0.25, -0.2) is 0 Å². The first kappa shape index (κ1) is 19.8. The van der Waals surface area contributed by atoms with Crippen LogP contribution < -0.4 is 0 Å². The largest absolute Gasteiger partial charge is 0.345 e. The summed E-state index contributed by atoms with van der Waals surface area (Å²) in [6.07, 6.45) is 3.80. The van der Waals surface area contributed by atoms with Crippen LogP contribution in [0, 0.1) is 5.41 Å². The summed E-state index contributed by atoms with van der Waals surface area (Å²) in [5, 5.41) is 0. The Balaban J connectivity index is 2.17. The zero-order valence-electron chi connectivity index (χ0n) is 14.7. The summed E-state index contributed by atoms with van der Waals surface area (Å²) < 4.78 is 3.23. The molecule has 0 atom stereocenters. The smallest absolute Gasteiger partial charge is 0.230 e. The Morgan fingerprint density at radius 1 is 1.32 bits per heavy atom. The van der Waals surface area contributed by atoms with Crippen LogP contribution in [0.25, 0.3) is 0 Å². The average molecular weight is 424 g/mol. The zero-order chi connectivity index (χ0) is 18.4. The van der Waals surface area contributed by atoms with Gasteiger partial charge in [-0.1, -0.05) is 34.1 Å². The van der Waals surface area contributed by atoms with Crippen LogP contribution in [0.15, 0.2) is 59.7 Å². The van der Waals surface area contributed by atoms with E-state index in [1.54, 1.807) is 6.08 Å². The molecule has 1 aromatic carbocycles. The lowest BCUT2D eigenvalue weighted by Crippen LogP contribution is -2.42. The number of alkyl halides is 1. The average Bonchev–Trinajstić information content (AvgIpc) is 3.02. The van der Waals surface area contributed by atoms with Gasteiger partial charge in [0.05, 0.1) is 12.0 Å². The molecule has 0 radical (unpaired) electrons. The van der Waals surface area contributed by atoms with Gasteiger partial charge in [-0.3, -0.25) is 4.79 Å². The highest BCUT2D eigenvalue weighted by atomic mass is 79.9. The van der Waals surface area contributed by atoms with Crippen LogP contribution in [0.2, 0.25) is 0 Å². The molecule has 134 valence electrons. The molecule has 0 unspecified atom stereocenters. The second kappa shape index (κ2) is 8.72. The van der Waals surface area contributed by atoms with E-state index < -0.39 is 5.41 Å². The van der Waals surface area contributed by atoms with Crippen molar-refractivity contribution in [1.29, 1.82) is 0 Å². The Hall–Kier alpha value is -1.52. The van der Waals surface area contributed by atoms with Crippen LogP contribution in [0.3, 0.4) is 0 Å². The van der Waals surface area contributed by atoms with Crippen LogP contribution in [-0.4, -0.2) is 27.8 Å². The van der Waals surface area contributed by atoms with Gasteiger partial charge in [0.1, 0.15) is 0 Å². The highest BCUT2D eigenvalue weighted by Gasteiger charge is 2.31. The number of amides is 1. The summed E-state index contributed by atoms with van der Waals surface area (Å²) in [7, 11) is 0. The number of carbonyl (C=O) groups excluding carboxylic acids is 1. The molecule has 1 amide bonds. The van der Waals surface area contributed by atoms with Crippen molar-refractivity contribution in [3.05, 3.63) is 71.0 Å². The maximum absolute atomic E-state index is 12.8. The van der Waals surface area contributed by atoms with Crippen LogP contribution in [-0.2, 0) is 17.9 Å². The number of halogens is 2. The van der Waals surface area contributed by atoms with E-state index in [2.05, 4.69) is 45.3 Å². The predicted octanol–water partition coefficient (Wildman–Crippen LogP) is 5.08. The Morgan fingerprint density at radius 3 is 2.60 bits per heavy atom. The maximum Gasteiger partial charge on any atom is 0.230 e. The molecular weight excluding hydrogens is 400 g/mol. The van der Waals surface area contributed by atoms with Gasteiger partial charge in [0.2, 0.25) is 5.91 Å². The minimum Gasteiger partial charge on any atom is -0.345 e. The number of aromatic nitrogens is 1. The van der Waals surface area contributed by atoms with Crippen molar-refractivity contribution in [3.63, 3.8) is 0 Å². The van der Waals surface area contributed by atoms with Gasteiger partial charge in [-0.15, -0.1) is 18.2 Å². The van der Waals surface area contributed by atoms with Crippen LogP contribution in [0.5, 0.6) is 0 Å². The van der Waals surface area contributed by atoms with Crippen molar-refractivity contribution >= 4 is 33.4 Å². The minimum atomic E-state index is -0.590. The molecule has 1 aromatic heterocycles. The topological polar surface area (TPSA) is 25.2 Å². The lowest BCUT2D eigenvalue weighted by Gasteiger charge is -2.30. The summed E-state index contributed by atoms with van der Waals surface area (Å²) in [6, 6.07) is 12.3. The Bertz CT molecular complexity index is 722. The molecule has 25 heavy (non-hydrogen) atoms. The zero-order valence-corrected chi connectivity index (χ0v) is 17.1. The van der Waals surface area contributed by atoms with Crippen molar-refractivity contribution in [2.45, 2.75) is 26.9 Å². The molecule has 0 fully saturated rings. The van der Waals surface area contributed by atoms with Gasteiger partial charge in [-0.2, -0.15) is 0 Å². The fourth-order valence-corrected chi connectivity index (χ4v) is 2.97. The van der Waals surface area contributed by atoms with Gasteiger partial charge in [0.25, 0.3) is 0 Å². The van der Waals surface area contributed by atoms with E-state index in [0.717, 1.165) is 16.7 Å². The molecule has 0 aliphatic rings. The second-order valence-corrected chi connectivity index (χ2v) is 7.93. The summed E-state index contributed by atoms with van der Waals surface area (Å²) in [5.41, 5.74) is 1.71. The molecular formula is C20H24BrClN2O. The first-order chi connectivity index (χ1) is 11.9. The number of hydrogen-bond acceptors (Lipinski definition) is 1. The standard InChI is InChI=1S/C20H24BrClN2O/c1-4-11-24(19(25)20(2,3)15-22)14-18-6-5-12-23(18)13-16-7-9-17(21)10-8-16/h4-10,12H,1,11,13-15H2,2-3H3. The van der Waals surface area contributed by atoms with E-state index in [4.69, 9.17) is 11.6 Å². The van der Waals surface area contributed by atoms with E-state index in [9.17, 15) is 4.79 Å². The van der Waals surface area contributed by atoms with E-state index >= 15 is 0 Å². The summed E-state index contributed by atoms with van der Waals surface area (Å²) in [4.78, 5) is 14.6. The number of nitrogens with zero attached hydrogens (tertiary/aromatic N) is 2. The molecule has 0 saturated carbocycles. The Labute approximate surface area is 163 Å². The van der Waals surface area contributed by atoms with E-state index in [1.807, 2.05) is 43.1 Å². The SMILES string of the molecule is C=CCN(Cc1cccn1Cc1ccc(Br)cc1)C(=O)C(C)(C)CCl. The summed E-state index contributed by atoms with van der Waals surface area (Å²) in [5.74, 6) is 0.332. The normalized spacial score (nSPS) is 11.4. The van der Waals surface area contributed by atoms with Gasteiger partial charge in [-0.05, 0) is 43.7 Å². The first-order valence-electron chi connectivity index (χ1n) is 8.22.